The van der Waals surface area contributed by atoms with Crippen LogP contribution in [-0.2, 0) is 17.8 Å². The lowest BCUT2D eigenvalue weighted by Gasteiger charge is -2.17. The van der Waals surface area contributed by atoms with Gasteiger partial charge in [-0.05, 0) is 17.7 Å². The molecule has 2 aromatic rings. The average molecular weight is 452 g/mol. The quantitative estimate of drug-likeness (QED) is 0.663. The summed E-state index contributed by atoms with van der Waals surface area (Å²) in [6.07, 6.45) is 2.80. The normalized spacial score (nSPS) is 12.0. The molecule has 0 aliphatic heterocycles. The highest BCUT2D eigenvalue weighted by atomic mass is 79.9. The van der Waals surface area contributed by atoms with Crippen LogP contribution in [0.5, 0.6) is 5.75 Å². The van der Waals surface area contributed by atoms with E-state index in [4.69, 9.17) is 27.9 Å². The van der Waals surface area contributed by atoms with Gasteiger partial charge in [0, 0.05) is 35.4 Å². The van der Waals surface area contributed by atoms with E-state index in [9.17, 15) is 14.3 Å². The van der Waals surface area contributed by atoms with Gasteiger partial charge < -0.3 is 9.84 Å². The molecular weight excluding hydrogens is 438 g/mol. The number of benzene rings is 1. The van der Waals surface area contributed by atoms with Gasteiger partial charge >= 0.3 is 5.97 Å². The molecule has 1 aromatic carbocycles. The summed E-state index contributed by atoms with van der Waals surface area (Å²) >= 11 is 15.3. The number of carboxylic acid groups (broad SMARTS) is 1. The highest BCUT2D eigenvalue weighted by Crippen LogP contribution is 2.28. The molecule has 2 rings (SSSR count). The van der Waals surface area contributed by atoms with Crippen molar-refractivity contribution in [3.05, 3.63) is 56.0 Å². The molecule has 0 spiro atoms. The summed E-state index contributed by atoms with van der Waals surface area (Å²) in [5.74, 6) is -1.59. The molecule has 0 radical (unpaired) electrons. The van der Waals surface area contributed by atoms with Crippen LogP contribution in [-0.4, -0.2) is 29.2 Å². The summed E-state index contributed by atoms with van der Waals surface area (Å²) in [5.41, 5.74) is 0.723. The van der Waals surface area contributed by atoms with Crippen LogP contribution < -0.4 is 10.1 Å². The highest BCUT2D eigenvalue weighted by Gasteiger charge is 2.22. The summed E-state index contributed by atoms with van der Waals surface area (Å²) in [7, 11) is 1.36. The molecule has 0 aliphatic rings. The maximum Gasteiger partial charge on any atom is 0.321 e. The summed E-state index contributed by atoms with van der Waals surface area (Å²) < 4.78 is 19.8. The van der Waals surface area contributed by atoms with Gasteiger partial charge in [-0.25, -0.2) is 4.39 Å². The second kappa shape index (κ2) is 8.80. The summed E-state index contributed by atoms with van der Waals surface area (Å²) in [6, 6.07) is 2.09. The second-order valence-electron chi connectivity index (χ2n) is 5.10. The van der Waals surface area contributed by atoms with Crippen molar-refractivity contribution >= 4 is 45.1 Å². The number of carbonyl (C=O) groups is 1. The largest absolute Gasteiger partial charge is 0.494 e. The lowest BCUT2D eigenvalue weighted by atomic mass is 10.1. The minimum Gasteiger partial charge on any atom is -0.494 e. The van der Waals surface area contributed by atoms with Gasteiger partial charge in [0.2, 0.25) is 0 Å². The minimum atomic E-state index is -1.11. The Bertz CT molecular complexity index is 772. The van der Waals surface area contributed by atoms with Gasteiger partial charge in [-0.3, -0.25) is 15.1 Å². The molecule has 0 fully saturated rings. The third-order valence-electron chi connectivity index (χ3n) is 3.55. The van der Waals surface area contributed by atoms with Crippen molar-refractivity contribution in [2.24, 2.45) is 0 Å². The van der Waals surface area contributed by atoms with Crippen molar-refractivity contribution in [2.45, 2.75) is 19.0 Å². The smallest absolute Gasteiger partial charge is 0.321 e. The van der Waals surface area contributed by atoms with Crippen LogP contribution in [0.3, 0.4) is 0 Å². The van der Waals surface area contributed by atoms with E-state index in [0.717, 1.165) is 0 Å². The van der Waals surface area contributed by atoms with Gasteiger partial charge in [0.15, 0.2) is 11.6 Å². The number of methoxy groups -OCH3 is 1. The Morgan fingerprint density at radius 1 is 1.36 bits per heavy atom. The number of carboxylic acids is 1. The molecule has 2 N–H and O–H groups in total. The van der Waals surface area contributed by atoms with Crippen molar-refractivity contribution in [2.75, 3.05) is 7.11 Å². The van der Waals surface area contributed by atoms with Gasteiger partial charge in [-0.2, -0.15) is 0 Å². The summed E-state index contributed by atoms with van der Waals surface area (Å²) in [5, 5.41) is 12.8. The van der Waals surface area contributed by atoms with Crippen molar-refractivity contribution in [3.63, 3.8) is 0 Å². The standard InChI is InChI=1S/C16H14BrCl2FN2O3/c1-25-14-3-2-10(17)9(15(14)20)5-22-13(16(23)24)4-8-11(18)6-21-7-12(8)19/h2-3,6-7,13,22H,4-5H2,1H3,(H,23,24). The minimum absolute atomic E-state index is 0.0265. The maximum absolute atomic E-state index is 14.3. The molecule has 134 valence electrons. The number of hydrogen-bond acceptors (Lipinski definition) is 4. The first-order chi connectivity index (χ1) is 11.8. The van der Waals surface area contributed by atoms with Crippen LogP contribution in [0.4, 0.5) is 4.39 Å². The molecule has 0 saturated heterocycles. The van der Waals surface area contributed by atoms with Crippen LogP contribution in [0.2, 0.25) is 10.0 Å². The van der Waals surface area contributed by atoms with Crippen molar-refractivity contribution in [3.8, 4) is 5.75 Å². The van der Waals surface area contributed by atoms with Crippen LogP contribution in [0.25, 0.3) is 0 Å². The zero-order valence-electron chi connectivity index (χ0n) is 13.0. The Kier molecular flexibility index (Phi) is 7.01. The predicted molar refractivity (Wildman–Crippen MR) is 96.9 cm³/mol. The Morgan fingerprint density at radius 3 is 2.56 bits per heavy atom. The first-order valence-electron chi connectivity index (χ1n) is 7.10. The van der Waals surface area contributed by atoms with Crippen molar-refractivity contribution < 1.29 is 19.0 Å². The third kappa shape index (κ3) is 4.82. The van der Waals surface area contributed by atoms with Crippen LogP contribution >= 0.6 is 39.1 Å². The van der Waals surface area contributed by atoms with E-state index in [2.05, 4.69) is 26.2 Å². The van der Waals surface area contributed by atoms with Gasteiger partial charge in [0.25, 0.3) is 0 Å². The molecule has 0 saturated carbocycles. The number of halogens is 4. The van der Waals surface area contributed by atoms with Crippen LogP contribution in [0.15, 0.2) is 29.0 Å². The van der Waals surface area contributed by atoms with E-state index in [0.29, 0.717) is 10.0 Å². The highest BCUT2D eigenvalue weighted by molar-refractivity contribution is 9.10. The molecule has 1 aromatic heterocycles. The van der Waals surface area contributed by atoms with Crippen molar-refractivity contribution in [1.29, 1.82) is 0 Å². The lowest BCUT2D eigenvalue weighted by Crippen LogP contribution is -2.38. The van der Waals surface area contributed by atoms with E-state index in [1.807, 2.05) is 0 Å². The fraction of sp³-hybridized carbons (Fsp3) is 0.250. The lowest BCUT2D eigenvalue weighted by molar-refractivity contribution is -0.139. The summed E-state index contributed by atoms with van der Waals surface area (Å²) in [4.78, 5) is 15.4. The SMILES string of the molecule is COc1ccc(Br)c(CNC(Cc2c(Cl)cncc2Cl)C(=O)O)c1F. The van der Waals surface area contributed by atoms with Gasteiger partial charge in [0.05, 0.1) is 17.2 Å². The van der Waals surface area contributed by atoms with E-state index >= 15 is 0 Å². The first kappa shape index (κ1) is 19.9. The summed E-state index contributed by atoms with van der Waals surface area (Å²) in [6.45, 7) is -0.0269. The number of rotatable bonds is 7. The van der Waals surface area contributed by atoms with Gasteiger partial charge in [-0.15, -0.1) is 0 Å². The van der Waals surface area contributed by atoms with E-state index < -0.39 is 17.8 Å². The van der Waals surface area contributed by atoms with E-state index in [1.54, 1.807) is 6.07 Å². The number of hydrogen-bond donors (Lipinski definition) is 2. The zero-order valence-corrected chi connectivity index (χ0v) is 16.1. The fourth-order valence-corrected chi connectivity index (χ4v) is 3.17. The number of aliphatic carboxylic acids is 1. The molecule has 1 heterocycles. The number of nitrogens with zero attached hydrogens (tertiary/aromatic N) is 1. The molecule has 0 aliphatic carbocycles. The molecule has 5 nitrogen and oxygen atoms in total. The van der Waals surface area contributed by atoms with E-state index in [1.165, 1.54) is 25.6 Å². The molecule has 0 bridgehead atoms. The monoisotopic (exact) mass is 450 g/mol. The number of aromatic nitrogens is 1. The maximum atomic E-state index is 14.3. The molecule has 25 heavy (non-hydrogen) atoms. The Morgan fingerprint density at radius 2 is 2.00 bits per heavy atom. The van der Waals surface area contributed by atoms with Crippen molar-refractivity contribution in [1.82, 2.24) is 10.3 Å². The molecular formula is C16H14BrCl2FN2O3. The Balaban J connectivity index is 2.20. The zero-order chi connectivity index (χ0) is 18.6. The third-order valence-corrected chi connectivity index (χ3v) is 4.95. The van der Waals surface area contributed by atoms with Crippen LogP contribution in [0, 0.1) is 5.82 Å². The second-order valence-corrected chi connectivity index (χ2v) is 6.77. The average Bonchev–Trinajstić information content (AvgIpc) is 2.56. The predicted octanol–water partition coefficient (Wildman–Crippen LogP) is 4.08. The first-order valence-corrected chi connectivity index (χ1v) is 8.65. The topological polar surface area (TPSA) is 71.5 Å². The molecule has 1 atom stereocenters. The molecule has 9 heteroatoms. The van der Waals surface area contributed by atoms with Crippen LogP contribution in [0.1, 0.15) is 11.1 Å². The molecule has 0 amide bonds. The molecule has 1 unspecified atom stereocenters. The number of ether oxygens (including phenoxy) is 1. The van der Waals surface area contributed by atoms with E-state index in [-0.39, 0.29) is 34.3 Å². The Labute approximate surface area is 162 Å². The number of nitrogens with one attached hydrogen (secondary N) is 1. The van der Waals surface area contributed by atoms with Gasteiger partial charge in [0.1, 0.15) is 6.04 Å². The fourth-order valence-electron chi connectivity index (χ4n) is 2.21. The van der Waals surface area contributed by atoms with Gasteiger partial charge in [-0.1, -0.05) is 39.1 Å². The number of pyridine rings is 1. The Hall–Kier alpha value is -1.41.